The summed E-state index contributed by atoms with van der Waals surface area (Å²) in [5.74, 6) is -0.105. The Morgan fingerprint density at radius 1 is 1.29 bits per heavy atom. The van der Waals surface area contributed by atoms with E-state index in [4.69, 9.17) is 14.9 Å². The van der Waals surface area contributed by atoms with Crippen molar-refractivity contribution < 1.29 is 25.2 Å². The van der Waals surface area contributed by atoms with Gasteiger partial charge in [-0.1, -0.05) is 0 Å². The first-order chi connectivity index (χ1) is 6.15. The Hall–Kier alpha value is -1.43. The Bertz CT molecular complexity index is 291. The maximum absolute atomic E-state index is 11.0. The van der Waals surface area contributed by atoms with E-state index in [0.717, 1.165) is 0 Å². The van der Waals surface area contributed by atoms with Crippen LogP contribution in [0, 0.1) is 0 Å². The highest BCUT2D eigenvalue weighted by Crippen LogP contribution is 2.12. The van der Waals surface area contributed by atoms with Gasteiger partial charge in [-0.15, -0.1) is 0 Å². The minimum atomic E-state index is -1.95. The molecule has 0 aliphatic heterocycles. The maximum Gasteiger partial charge on any atom is 0.218 e. The van der Waals surface area contributed by atoms with Crippen LogP contribution in [-0.2, 0) is 0 Å². The number of rotatable bonds is 3. The third-order valence-corrected chi connectivity index (χ3v) is 1.61. The van der Waals surface area contributed by atoms with E-state index in [9.17, 15) is 4.79 Å². The quantitative estimate of drug-likeness (QED) is 0.501. The summed E-state index contributed by atoms with van der Waals surface area (Å²) in [7, 11) is 1.51. The molecule has 0 spiro atoms. The van der Waals surface area contributed by atoms with Crippen molar-refractivity contribution in [3.8, 4) is 5.75 Å². The molecule has 5 heteroatoms. The Kier molecular flexibility index (Phi) is 4.79. The van der Waals surface area contributed by atoms with Gasteiger partial charge >= 0.3 is 0 Å². The lowest BCUT2D eigenvalue weighted by molar-refractivity contribution is -0.0195. The van der Waals surface area contributed by atoms with Gasteiger partial charge in [-0.25, -0.2) is 0 Å². The standard InChI is InChI=1S/C9H10O4.H2O/c1-13-7-4-2-6(3-5-7)8(10)9(11)12;/h2-5,9,11-12H,1H3;1H2. The zero-order valence-corrected chi connectivity index (χ0v) is 7.60. The number of aliphatic hydroxyl groups excluding tert-OH is 1. The molecule has 0 unspecified atom stereocenters. The van der Waals surface area contributed by atoms with Crippen LogP contribution in [0.5, 0.6) is 5.75 Å². The Morgan fingerprint density at radius 2 is 1.79 bits per heavy atom. The Morgan fingerprint density at radius 3 is 2.14 bits per heavy atom. The lowest BCUT2D eigenvalue weighted by atomic mass is 10.1. The summed E-state index contributed by atoms with van der Waals surface area (Å²) in [6.07, 6.45) is -1.95. The number of hydrogen-bond acceptors (Lipinski definition) is 4. The van der Waals surface area contributed by atoms with Gasteiger partial charge in [0.1, 0.15) is 5.75 Å². The summed E-state index contributed by atoms with van der Waals surface area (Å²) < 4.78 is 4.87. The van der Waals surface area contributed by atoms with Crippen molar-refractivity contribution in [3.63, 3.8) is 0 Å². The van der Waals surface area contributed by atoms with Crippen LogP contribution in [0.4, 0.5) is 0 Å². The molecule has 0 saturated carbocycles. The second-order valence-electron chi connectivity index (χ2n) is 2.47. The molecule has 0 saturated heterocycles. The van der Waals surface area contributed by atoms with E-state index >= 15 is 0 Å². The molecule has 5 nitrogen and oxygen atoms in total. The number of aliphatic hydroxyl groups is 2. The van der Waals surface area contributed by atoms with Crippen molar-refractivity contribution in [2.24, 2.45) is 0 Å². The molecule has 0 heterocycles. The second kappa shape index (κ2) is 5.33. The van der Waals surface area contributed by atoms with Crippen LogP contribution in [0.25, 0.3) is 0 Å². The normalized spacial score (nSPS) is 9.43. The van der Waals surface area contributed by atoms with Gasteiger partial charge in [0.05, 0.1) is 7.11 Å². The molecular weight excluding hydrogens is 188 g/mol. The van der Waals surface area contributed by atoms with Crippen molar-refractivity contribution in [3.05, 3.63) is 29.8 Å². The first kappa shape index (κ1) is 12.6. The predicted octanol–water partition coefficient (Wildman–Crippen LogP) is -0.636. The molecule has 0 amide bonds. The molecule has 0 radical (unpaired) electrons. The molecule has 0 aromatic heterocycles. The van der Waals surface area contributed by atoms with E-state index in [2.05, 4.69) is 0 Å². The molecule has 0 aliphatic rings. The first-order valence-corrected chi connectivity index (χ1v) is 3.69. The fourth-order valence-corrected chi connectivity index (χ4v) is 0.904. The number of carbonyl (C=O) groups excluding carboxylic acids is 1. The minimum Gasteiger partial charge on any atom is -0.497 e. The van der Waals surface area contributed by atoms with E-state index in [1.807, 2.05) is 0 Å². The van der Waals surface area contributed by atoms with Crippen LogP contribution in [0.3, 0.4) is 0 Å². The van der Waals surface area contributed by atoms with Gasteiger partial charge in [0.15, 0.2) is 0 Å². The highest BCUT2D eigenvalue weighted by Gasteiger charge is 2.12. The van der Waals surface area contributed by atoms with Crippen LogP contribution in [0.2, 0.25) is 0 Å². The average molecular weight is 200 g/mol. The topological polar surface area (TPSA) is 98.3 Å². The molecule has 0 aliphatic carbocycles. The van der Waals surface area contributed by atoms with Gasteiger partial charge in [0.25, 0.3) is 0 Å². The van der Waals surface area contributed by atoms with Gasteiger partial charge in [0.2, 0.25) is 12.1 Å². The van der Waals surface area contributed by atoms with Crippen LogP contribution >= 0.6 is 0 Å². The van der Waals surface area contributed by atoms with E-state index in [1.54, 1.807) is 12.1 Å². The van der Waals surface area contributed by atoms with Gasteiger partial charge < -0.3 is 20.4 Å². The van der Waals surface area contributed by atoms with Crippen LogP contribution in [-0.4, -0.2) is 34.9 Å². The maximum atomic E-state index is 11.0. The van der Waals surface area contributed by atoms with E-state index in [-0.39, 0.29) is 11.0 Å². The molecule has 0 bridgehead atoms. The summed E-state index contributed by atoms with van der Waals surface area (Å²) in [4.78, 5) is 11.0. The van der Waals surface area contributed by atoms with Gasteiger partial charge in [0, 0.05) is 5.56 Å². The van der Waals surface area contributed by atoms with Gasteiger partial charge in [-0.05, 0) is 24.3 Å². The summed E-state index contributed by atoms with van der Waals surface area (Å²) in [5, 5.41) is 17.2. The summed E-state index contributed by atoms with van der Waals surface area (Å²) in [6, 6.07) is 6.10. The van der Waals surface area contributed by atoms with Crippen molar-refractivity contribution >= 4 is 5.78 Å². The Labute approximate surface area is 80.9 Å². The molecule has 0 atom stereocenters. The monoisotopic (exact) mass is 200 g/mol. The largest absolute Gasteiger partial charge is 0.497 e. The predicted molar refractivity (Wildman–Crippen MR) is 49.2 cm³/mol. The van der Waals surface area contributed by atoms with Gasteiger partial charge in [-0.3, -0.25) is 4.79 Å². The zero-order chi connectivity index (χ0) is 9.84. The molecule has 1 rings (SSSR count). The average Bonchev–Trinajstić information content (AvgIpc) is 2.17. The van der Waals surface area contributed by atoms with Crippen molar-refractivity contribution in [2.45, 2.75) is 6.29 Å². The lowest BCUT2D eigenvalue weighted by Gasteiger charge is -2.03. The second-order valence-corrected chi connectivity index (χ2v) is 2.47. The van der Waals surface area contributed by atoms with Crippen molar-refractivity contribution in [1.29, 1.82) is 0 Å². The van der Waals surface area contributed by atoms with Crippen LogP contribution in [0.15, 0.2) is 24.3 Å². The number of ether oxygens (including phenoxy) is 1. The summed E-state index contributed by atoms with van der Waals surface area (Å²) >= 11 is 0. The smallest absolute Gasteiger partial charge is 0.218 e. The molecule has 78 valence electrons. The number of methoxy groups -OCH3 is 1. The van der Waals surface area contributed by atoms with Crippen molar-refractivity contribution in [1.82, 2.24) is 0 Å². The fourth-order valence-electron chi connectivity index (χ4n) is 0.904. The molecule has 1 aromatic rings. The Balaban J connectivity index is 0.00000169. The van der Waals surface area contributed by atoms with E-state index < -0.39 is 12.1 Å². The number of ketones is 1. The van der Waals surface area contributed by atoms with Crippen LogP contribution < -0.4 is 4.74 Å². The number of benzene rings is 1. The molecular formula is C9H12O5. The lowest BCUT2D eigenvalue weighted by Crippen LogP contribution is -2.19. The highest BCUT2D eigenvalue weighted by molar-refractivity contribution is 5.98. The highest BCUT2D eigenvalue weighted by atomic mass is 16.5. The van der Waals surface area contributed by atoms with Crippen molar-refractivity contribution in [2.75, 3.05) is 7.11 Å². The van der Waals surface area contributed by atoms with Crippen LogP contribution in [0.1, 0.15) is 10.4 Å². The number of hydrogen-bond donors (Lipinski definition) is 2. The molecule has 1 aromatic carbocycles. The zero-order valence-electron chi connectivity index (χ0n) is 7.60. The number of carbonyl (C=O) groups is 1. The third-order valence-electron chi connectivity index (χ3n) is 1.61. The van der Waals surface area contributed by atoms with E-state index in [1.165, 1.54) is 19.2 Å². The molecule has 14 heavy (non-hydrogen) atoms. The van der Waals surface area contributed by atoms with Gasteiger partial charge in [-0.2, -0.15) is 0 Å². The minimum absolute atomic E-state index is 0. The summed E-state index contributed by atoms with van der Waals surface area (Å²) in [6.45, 7) is 0. The summed E-state index contributed by atoms with van der Waals surface area (Å²) in [5.41, 5.74) is 0.246. The first-order valence-electron chi connectivity index (χ1n) is 3.69. The fraction of sp³-hybridized carbons (Fsp3) is 0.222. The molecule has 4 N–H and O–H groups in total. The third kappa shape index (κ3) is 2.81. The van der Waals surface area contributed by atoms with E-state index in [0.29, 0.717) is 5.75 Å². The number of Topliss-reactive ketones (excluding diaryl/α,β-unsaturated/α-hetero) is 1. The SMILES string of the molecule is COc1ccc(C(=O)C(O)O)cc1.O. The molecule has 0 fully saturated rings.